The van der Waals surface area contributed by atoms with Crippen molar-refractivity contribution < 1.29 is 0 Å². The summed E-state index contributed by atoms with van der Waals surface area (Å²) in [6.07, 6.45) is 6.17. The van der Waals surface area contributed by atoms with E-state index in [1.807, 2.05) is 23.9 Å². The summed E-state index contributed by atoms with van der Waals surface area (Å²) in [6, 6.07) is 31.8. The standard InChI is InChI=1S/C32H24N4/c1-3-11-25-23-14-7-9-16-28(23)34-31(25)21(2)36-30-19-18-26-24-15-8-10-17-29(24)35(22-12-5-4-6-13-22)32(26)27(30)20-33-36/h3-20,34H,2H2,1H3/b11-3-. The Morgan fingerprint density at radius 1 is 0.778 bits per heavy atom. The van der Waals surface area contributed by atoms with Gasteiger partial charge >= 0.3 is 0 Å². The molecule has 4 aromatic carbocycles. The number of aromatic amines is 1. The summed E-state index contributed by atoms with van der Waals surface area (Å²) in [6.45, 7) is 6.53. The summed E-state index contributed by atoms with van der Waals surface area (Å²) in [5.74, 6) is 0. The monoisotopic (exact) mass is 464 g/mol. The van der Waals surface area contributed by atoms with Gasteiger partial charge in [-0.3, -0.25) is 0 Å². The minimum atomic E-state index is 0.816. The van der Waals surface area contributed by atoms with Crippen molar-refractivity contribution >= 4 is 55.4 Å². The van der Waals surface area contributed by atoms with Crippen LogP contribution >= 0.6 is 0 Å². The normalized spacial score (nSPS) is 12.0. The van der Waals surface area contributed by atoms with E-state index < -0.39 is 0 Å². The van der Waals surface area contributed by atoms with E-state index >= 15 is 0 Å². The highest BCUT2D eigenvalue weighted by molar-refractivity contribution is 6.18. The van der Waals surface area contributed by atoms with Gasteiger partial charge in [0, 0.05) is 38.3 Å². The largest absolute Gasteiger partial charge is 0.353 e. The molecule has 0 bridgehead atoms. The Kier molecular flexibility index (Phi) is 4.48. The molecule has 36 heavy (non-hydrogen) atoms. The van der Waals surface area contributed by atoms with Gasteiger partial charge in [-0.25, -0.2) is 4.68 Å². The Morgan fingerprint density at radius 3 is 2.36 bits per heavy atom. The second kappa shape index (κ2) is 7.85. The SMILES string of the molecule is C=C(c1[nH]c2ccccc2c1/C=C\C)n1ncc2c1ccc1c3ccccc3n(-c3ccccc3)c12. The number of hydrogen-bond donors (Lipinski definition) is 1. The zero-order valence-electron chi connectivity index (χ0n) is 19.9. The fourth-order valence-electron chi connectivity index (χ4n) is 5.46. The molecule has 4 heteroatoms. The Balaban J connectivity index is 1.51. The van der Waals surface area contributed by atoms with Gasteiger partial charge in [-0.05, 0) is 43.3 Å². The topological polar surface area (TPSA) is 38.5 Å². The van der Waals surface area contributed by atoms with Crippen LogP contribution in [0.1, 0.15) is 18.2 Å². The predicted molar refractivity (Wildman–Crippen MR) is 152 cm³/mol. The lowest BCUT2D eigenvalue weighted by Crippen LogP contribution is -2.01. The van der Waals surface area contributed by atoms with Gasteiger partial charge in [0.15, 0.2) is 0 Å². The van der Waals surface area contributed by atoms with Gasteiger partial charge in [0.1, 0.15) is 0 Å². The first-order valence-electron chi connectivity index (χ1n) is 12.1. The number of hydrogen-bond acceptors (Lipinski definition) is 1. The zero-order valence-corrected chi connectivity index (χ0v) is 19.9. The van der Waals surface area contributed by atoms with E-state index in [-0.39, 0.29) is 0 Å². The number of nitrogens with one attached hydrogen (secondary N) is 1. The average molecular weight is 465 g/mol. The first-order valence-corrected chi connectivity index (χ1v) is 12.1. The molecule has 3 aromatic heterocycles. The van der Waals surface area contributed by atoms with Crippen LogP contribution in [0, 0.1) is 0 Å². The number of aromatic nitrogens is 4. The van der Waals surface area contributed by atoms with E-state index in [9.17, 15) is 0 Å². The summed E-state index contributed by atoms with van der Waals surface area (Å²) in [5, 5.41) is 9.58. The average Bonchev–Trinajstić information content (AvgIpc) is 3.61. The molecule has 0 radical (unpaired) electrons. The summed E-state index contributed by atoms with van der Waals surface area (Å²) in [4.78, 5) is 3.58. The van der Waals surface area contributed by atoms with Crippen molar-refractivity contribution in [1.82, 2.24) is 19.3 Å². The van der Waals surface area contributed by atoms with Gasteiger partial charge < -0.3 is 9.55 Å². The van der Waals surface area contributed by atoms with Crippen molar-refractivity contribution in [1.29, 1.82) is 0 Å². The van der Waals surface area contributed by atoms with Gasteiger partial charge in [0.05, 0.1) is 34.1 Å². The molecular weight excluding hydrogens is 440 g/mol. The molecule has 0 aliphatic heterocycles. The maximum atomic E-state index is 4.86. The maximum Gasteiger partial charge on any atom is 0.0822 e. The van der Waals surface area contributed by atoms with Gasteiger partial charge in [-0.2, -0.15) is 5.10 Å². The third-order valence-electron chi connectivity index (χ3n) is 7.02. The van der Waals surface area contributed by atoms with Crippen LogP contribution in [0.5, 0.6) is 0 Å². The maximum absolute atomic E-state index is 4.86. The zero-order chi connectivity index (χ0) is 24.2. The molecule has 0 saturated carbocycles. The number of H-pyrrole nitrogens is 1. The van der Waals surface area contributed by atoms with E-state index in [2.05, 4.69) is 113 Å². The second-order valence-electron chi connectivity index (χ2n) is 9.04. The van der Waals surface area contributed by atoms with Crippen LogP contribution in [0.2, 0.25) is 0 Å². The molecule has 3 heterocycles. The highest BCUT2D eigenvalue weighted by Gasteiger charge is 2.19. The van der Waals surface area contributed by atoms with Crippen molar-refractivity contribution in [2.45, 2.75) is 6.92 Å². The Morgan fingerprint density at radius 2 is 1.53 bits per heavy atom. The summed E-state index contributed by atoms with van der Waals surface area (Å²) in [5.41, 5.74) is 8.50. The van der Waals surface area contributed by atoms with E-state index in [0.29, 0.717) is 0 Å². The van der Waals surface area contributed by atoms with Gasteiger partial charge in [0.2, 0.25) is 0 Å². The van der Waals surface area contributed by atoms with Crippen LogP contribution in [0.15, 0.2) is 110 Å². The summed E-state index contributed by atoms with van der Waals surface area (Å²) in [7, 11) is 0. The first-order chi connectivity index (χ1) is 17.8. The number of para-hydroxylation sites is 3. The molecule has 0 saturated heterocycles. The first kappa shape index (κ1) is 20.5. The van der Waals surface area contributed by atoms with E-state index in [1.165, 1.54) is 21.7 Å². The van der Waals surface area contributed by atoms with Gasteiger partial charge in [0.25, 0.3) is 0 Å². The Labute approximate surface area is 208 Å². The van der Waals surface area contributed by atoms with E-state index in [4.69, 9.17) is 5.10 Å². The number of nitrogens with zero attached hydrogens (tertiary/aromatic N) is 3. The van der Waals surface area contributed by atoms with Gasteiger partial charge in [-0.15, -0.1) is 0 Å². The molecule has 7 aromatic rings. The highest BCUT2D eigenvalue weighted by Crippen LogP contribution is 2.38. The third-order valence-corrected chi connectivity index (χ3v) is 7.02. The van der Waals surface area contributed by atoms with Crippen molar-refractivity contribution in [3.8, 4) is 5.69 Å². The van der Waals surface area contributed by atoms with Crippen LogP contribution in [0.4, 0.5) is 0 Å². The number of allylic oxidation sites excluding steroid dienone is 1. The summed E-state index contributed by atoms with van der Waals surface area (Å²) < 4.78 is 4.30. The molecule has 0 aliphatic carbocycles. The van der Waals surface area contributed by atoms with Crippen LogP contribution < -0.4 is 0 Å². The van der Waals surface area contributed by atoms with E-state index in [1.54, 1.807) is 0 Å². The van der Waals surface area contributed by atoms with Crippen LogP contribution in [0.25, 0.3) is 61.1 Å². The lowest BCUT2D eigenvalue weighted by molar-refractivity contribution is 0.931. The predicted octanol–water partition coefficient (Wildman–Crippen LogP) is 8.17. The molecule has 1 N–H and O–H groups in total. The quantitative estimate of drug-likeness (QED) is 0.280. The van der Waals surface area contributed by atoms with Crippen molar-refractivity contribution in [3.05, 3.63) is 121 Å². The number of fused-ring (bicyclic) bond motifs is 6. The molecule has 172 valence electrons. The third kappa shape index (κ3) is 2.85. The van der Waals surface area contributed by atoms with Crippen LogP contribution in [-0.2, 0) is 0 Å². The summed E-state index contributed by atoms with van der Waals surface area (Å²) >= 11 is 0. The minimum absolute atomic E-state index is 0.816. The van der Waals surface area contributed by atoms with Crippen molar-refractivity contribution in [3.63, 3.8) is 0 Å². The minimum Gasteiger partial charge on any atom is -0.353 e. The van der Waals surface area contributed by atoms with E-state index in [0.717, 1.165) is 44.6 Å². The molecule has 0 atom stereocenters. The fourth-order valence-corrected chi connectivity index (χ4v) is 5.46. The Hall–Kier alpha value is -4.83. The lowest BCUT2D eigenvalue weighted by atomic mass is 10.1. The Bertz CT molecular complexity index is 1960. The lowest BCUT2D eigenvalue weighted by Gasteiger charge is -2.10. The number of rotatable bonds is 4. The molecule has 0 unspecified atom stereocenters. The van der Waals surface area contributed by atoms with Crippen LogP contribution in [-0.4, -0.2) is 19.3 Å². The molecule has 0 amide bonds. The smallest absolute Gasteiger partial charge is 0.0822 e. The van der Waals surface area contributed by atoms with Crippen molar-refractivity contribution in [2.24, 2.45) is 0 Å². The second-order valence-corrected chi connectivity index (χ2v) is 9.04. The molecule has 0 spiro atoms. The molecular formula is C32H24N4. The van der Waals surface area contributed by atoms with Crippen molar-refractivity contribution in [2.75, 3.05) is 0 Å². The molecule has 4 nitrogen and oxygen atoms in total. The number of benzene rings is 4. The van der Waals surface area contributed by atoms with Gasteiger partial charge in [-0.1, -0.05) is 73.3 Å². The highest BCUT2D eigenvalue weighted by atomic mass is 15.3. The van der Waals surface area contributed by atoms with Crippen LogP contribution in [0.3, 0.4) is 0 Å². The fraction of sp³-hybridized carbons (Fsp3) is 0.0312. The molecule has 0 aliphatic rings. The molecule has 7 rings (SSSR count). The molecule has 0 fully saturated rings.